The molecule has 1 atom stereocenters. The predicted octanol–water partition coefficient (Wildman–Crippen LogP) is 4.38. The van der Waals surface area contributed by atoms with Crippen molar-refractivity contribution < 1.29 is 9.72 Å². The number of benzene rings is 2. The molecular weight excluding hydrogens is 400 g/mol. The summed E-state index contributed by atoms with van der Waals surface area (Å²) in [6.07, 6.45) is 1.02. The van der Waals surface area contributed by atoms with Crippen molar-refractivity contribution in [3.05, 3.63) is 80.4 Å². The van der Waals surface area contributed by atoms with Gasteiger partial charge in [-0.15, -0.1) is 0 Å². The summed E-state index contributed by atoms with van der Waals surface area (Å²) in [6, 6.07) is 16.6. The second-order valence-electron chi connectivity index (χ2n) is 7.20. The molecule has 0 N–H and O–H groups in total. The molecule has 7 nitrogen and oxygen atoms in total. The lowest BCUT2D eigenvalue weighted by atomic mass is 9.86. The molecule has 2 aromatic rings. The number of thioether (sulfide) groups is 1. The number of para-hydroxylation sites is 1. The topological polar surface area (TPSA) is 90.5 Å². The molecule has 0 saturated carbocycles. The van der Waals surface area contributed by atoms with E-state index in [1.165, 1.54) is 29.5 Å². The number of nitriles is 1. The van der Waals surface area contributed by atoms with Gasteiger partial charge in [-0.1, -0.05) is 49.0 Å². The number of nitrogens with zero attached hydrogens (tertiary/aromatic N) is 4. The monoisotopic (exact) mass is 420 g/mol. The number of nitro benzene ring substituents is 1. The van der Waals surface area contributed by atoms with E-state index in [1.54, 1.807) is 17.0 Å². The first-order valence-corrected chi connectivity index (χ1v) is 10.7. The molecule has 0 aliphatic carbocycles. The van der Waals surface area contributed by atoms with Crippen LogP contribution in [0.25, 0.3) is 0 Å². The Hall–Kier alpha value is -3.31. The number of allylic oxidation sites excluding steroid dienone is 1. The van der Waals surface area contributed by atoms with E-state index in [-0.39, 0.29) is 18.0 Å². The summed E-state index contributed by atoms with van der Waals surface area (Å²) in [4.78, 5) is 27.5. The summed E-state index contributed by atoms with van der Waals surface area (Å²) in [5, 5.41) is 21.7. The lowest BCUT2D eigenvalue weighted by Crippen LogP contribution is -2.47. The number of hydrogen-bond acceptors (Lipinski definition) is 6. The molecule has 8 heteroatoms. The highest BCUT2D eigenvalue weighted by Crippen LogP contribution is 2.44. The van der Waals surface area contributed by atoms with Crippen LogP contribution in [0.1, 0.15) is 30.4 Å². The van der Waals surface area contributed by atoms with Gasteiger partial charge in [0, 0.05) is 30.2 Å². The van der Waals surface area contributed by atoms with Crippen molar-refractivity contribution in [3.8, 4) is 6.07 Å². The van der Waals surface area contributed by atoms with Crippen LogP contribution >= 0.6 is 11.8 Å². The van der Waals surface area contributed by atoms with E-state index < -0.39 is 10.8 Å². The molecule has 2 aliphatic rings. The van der Waals surface area contributed by atoms with Crippen LogP contribution in [-0.2, 0) is 11.2 Å². The van der Waals surface area contributed by atoms with Gasteiger partial charge >= 0.3 is 0 Å². The quantitative estimate of drug-likeness (QED) is 0.539. The van der Waals surface area contributed by atoms with E-state index in [1.807, 2.05) is 12.1 Å². The van der Waals surface area contributed by atoms with Gasteiger partial charge in [-0.3, -0.25) is 19.8 Å². The fourth-order valence-electron chi connectivity index (χ4n) is 3.97. The molecular formula is C22H20N4O3S. The summed E-state index contributed by atoms with van der Waals surface area (Å²) in [5.74, 6) is 0.0884. The number of nitro groups is 1. The fourth-order valence-corrected chi connectivity index (χ4v) is 5.13. The normalized spacial score (nSPS) is 18.8. The standard InChI is InChI=1S/C22H20N4O3S/c1-2-15-6-3-4-9-20(15)24-13-25-21(27)11-18(19(12-23)22(25)30-14-24)16-7-5-8-17(10-16)26(28)29/h3-10,18H,2,11,13-14H2,1H3/t18-/m1/s1. The van der Waals surface area contributed by atoms with Crippen LogP contribution in [0.4, 0.5) is 11.4 Å². The molecule has 152 valence electrons. The van der Waals surface area contributed by atoms with Crippen molar-refractivity contribution in [2.24, 2.45) is 0 Å². The number of amides is 1. The van der Waals surface area contributed by atoms with E-state index in [0.29, 0.717) is 28.7 Å². The van der Waals surface area contributed by atoms with Crippen molar-refractivity contribution in [3.63, 3.8) is 0 Å². The number of carbonyl (C=O) groups is 1. The highest BCUT2D eigenvalue weighted by molar-refractivity contribution is 8.03. The minimum atomic E-state index is -0.462. The highest BCUT2D eigenvalue weighted by atomic mass is 32.2. The van der Waals surface area contributed by atoms with E-state index in [9.17, 15) is 20.2 Å². The third-order valence-electron chi connectivity index (χ3n) is 5.49. The summed E-state index contributed by atoms with van der Waals surface area (Å²) < 4.78 is 0. The number of fused-ring (bicyclic) bond motifs is 1. The zero-order chi connectivity index (χ0) is 21.3. The highest BCUT2D eigenvalue weighted by Gasteiger charge is 2.38. The van der Waals surface area contributed by atoms with Gasteiger partial charge in [0.2, 0.25) is 5.91 Å². The number of carbonyl (C=O) groups excluding carboxylic acids is 1. The Bertz CT molecular complexity index is 1090. The smallest absolute Gasteiger partial charge is 0.269 e. The van der Waals surface area contributed by atoms with Crippen LogP contribution in [0.15, 0.2) is 59.1 Å². The number of hydrogen-bond donors (Lipinski definition) is 0. The van der Waals surface area contributed by atoms with E-state index in [0.717, 1.165) is 12.1 Å². The molecule has 0 aromatic heterocycles. The predicted molar refractivity (Wildman–Crippen MR) is 116 cm³/mol. The third-order valence-corrected chi connectivity index (χ3v) is 6.64. The van der Waals surface area contributed by atoms with Crippen molar-refractivity contribution in [2.45, 2.75) is 25.7 Å². The molecule has 1 amide bonds. The molecule has 4 rings (SSSR count). The molecule has 2 heterocycles. The zero-order valence-corrected chi connectivity index (χ0v) is 17.3. The molecule has 2 aliphatic heterocycles. The van der Waals surface area contributed by atoms with Crippen LogP contribution in [0.2, 0.25) is 0 Å². The van der Waals surface area contributed by atoms with Gasteiger partial charge in [0.25, 0.3) is 5.69 Å². The van der Waals surface area contributed by atoms with Gasteiger partial charge < -0.3 is 4.90 Å². The van der Waals surface area contributed by atoms with Gasteiger partial charge in [-0.25, -0.2) is 0 Å². The number of aryl methyl sites for hydroxylation is 1. The van der Waals surface area contributed by atoms with Gasteiger partial charge in [0.1, 0.15) is 0 Å². The van der Waals surface area contributed by atoms with Crippen LogP contribution in [0, 0.1) is 21.4 Å². The van der Waals surface area contributed by atoms with Crippen molar-refractivity contribution >= 4 is 29.0 Å². The van der Waals surface area contributed by atoms with Crippen molar-refractivity contribution in [1.82, 2.24) is 4.90 Å². The maximum absolute atomic E-state index is 13.0. The Morgan fingerprint density at radius 1 is 1.27 bits per heavy atom. The summed E-state index contributed by atoms with van der Waals surface area (Å²) >= 11 is 1.47. The SMILES string of the molecule is CCc1ccccc1N1CSC2=C(C#N)[C@@H](c3cccc([N+](=O)[O-])c3)CC(=O)N2C1. The fraction of sp³-hybridized carbons (Fsp3) is 0.273. The summed E-state index contributed by atoms with van der Waals surface area (Å²) in [5.41, 5.74) is 3.40. The van der Waals surface area contributed by atoms with Gasteiger partial charge in [0.05, 0.1) is 34.1 Å². The van der Waals surface area contributed by atoms with Crippen LogP contribution in [0.5, 0.6) is 0 Å². The second kappa shape index (κ2) is 8.20. The largest absolute Gasteiger partial charge is 0.343 e. The summed E-state index contributed by atoms with van der Waals surface area (Å²) in [6.45, 7) is 2.50. The van der Waals surface area contributed by atoms with E-state index >= 15 is 0 Å². The van der Waals surface area contributed by atoms with Crippen molar-refractivity contribution in [2.75, 3.05) is 17.4 Å². The molecule has 2 aromatic carbocycles. The number of non-ortho nitro benzene ring substituents is 1. The van der Waals surface area contributed by atoms with Crippen molar-refractivity contribution in [1.29, 1.82) is 5.26 Å². The van der Waals surface area contributed by atoms with E-state index in [4.69, 9.17) is 0 Å². The second-order valence-corrected chi connectivity index (χ2v) is 8.13. The van der Waals surface area contributed by atoms with Crippen LogP contribution in [0.3, 0.4) is 0 Å². The molecule has 1 saturated heterocycles. The average Bonchev–Trinajstić information content (AvgIpc) is 2.78. The number of anilines is 1. The Balaban J connectivity index is 1.68. The number of rotatable bonds is 4. The Labute approximate surface area is 178 Å². The molecule has 0 spiro atoms. The van der Waals surface area contributed by atoms with E-state index in [2.05, 4.69) is 30.0 Å². The molecule has 1 fully saturated rings. The first kappa shape index (κ1) is 20.0. The third kappa shape index (κ3) is 3.53. The lowest BCUT2D eigenvalue weighted by Gasteiger charge is -2.42. The molecule has 30 heavy (non-hydrogen) atoms. The first-order valence-electron chi connectivity index (χ1n) is 9.68. The van der Waals surface area contributed by atoms with Gasteiger partial charge in [0.15, 0.2) is 0 Å². The molecule has 0 radical (unpaired) electrons. The van der Waals surface area contributed by atoms with Gasteiger partial charge in [-0.2, -0.15) is 5.26 Å². The maximum Gasteiger partial charge on any atom is 0.269 e. The van der Waals surface area contributed by atoms with Gasteiger partial charge in [-0.05, 0) is 23.6 Å². The Kier molecular flexibility index (Phi) is 5.46. The molecule has 0 bridgehead atoms. The minimum absolute atomic E-state index is 0.0386. The van der Waals surface area contributed by atoms with Crippen LogP contribution < -0.4 is 4.90 Å². The first-order chi connectivity index (χ1) is 14.5. The zero-order valence-electron chi connectivity index (χ0n) is 16.4. The average molecular weight is 420 g/mol. The Morgan fingerprint density at radius 3 is 2.80 bits per heavy atom. The lowest BCUT2D eigenvalue weighted by molar-refractivity contribution is -0.384. The minimum Gasteiger partial charge on any atom is -0.343 e. The maximum atomic E-state index is 13.0. The Morgan fingerprint density at radius 2 is 2.07 bits per heavy atom. The van der Waals surface area contributed by atoms with Crippen LogP contribution in [-0.4, -0.2) is 28.3 Å². The molecule has 0 unspecified atom stereocenters. The summed E-state index contributed by atoms with van der Waals surface area (Å²) in [7, 11) is 0.